The van der Waals surface area contributed by atoms with Crippen LogP contribution < -0.4 is 10.6 Å². The highest BCUT2D eigenvalue weighted by atomic mass is 32.2. The topological polar surface area (TPSA) is 61.4 Å². The lowest BCUT2D eigenvalue weighted by Gasteiger charge is -2.29. The van der Waals surface area contributed by atoms with Gasteiger partial charge in [-0.2, -0.15) is 0 Å². The van der Waals surface area contributed by atoms with Crippen molar-refractivity contribution in [3.63, 3.8) is 0 Å². The summed E-state index contributed by atoms with van der Waals surface area (Å²) in [6.07, 6.45) is 2.00. The van der Waals surface area contributed by atoms with Gasteiger partial charge in [0.05, 0.1) is 11.5 Å². The summed E-state index contributed by atoms with van der Waals surface area (Å²) in [5.41, 5.74) is 1.90. The van der Waals surface area contributed by atoms with Crippen molar-refractivity contribution in [3.8, 4) is 0 Å². The number of carbonyl (C=O) groups is 2. The van der Waals surface area contributed by atoms with Gasteiger partial charge in [0.2, 0.25) is 11.8 Å². The van der Waals surface area contributed by atoms with Crippen molar-refractivity contribution in [2.24, 2.45) is 0 Å². The molecule has 5 nitrogen and oxygen atoms in total. The Morgan fingerprint density at radius 2 is 1.91 bits per heavy atom. The van der Waals surface area contributed by atoms with Gasteiger partial charge in [-0.3, -0.25) is 9.59 Å². The molecule has 0 radical (unpaired) electrons. The molecule has 1 aromatic carbocycles. The second kappa shape index (κ2) is 8.93. The molecule has 2 amide bonds. The molecule has 1 heterocycles. The number of amides is 2. The summed E-state index contributed by atoms with van der Waals surface area (Å²) in [7, 11) is 2.10. The molecule has 23 heavy (non-hydrogen) atoms. The third kappa shape index (κ3) is 6.62. The molecule has 1 fully saturated rings. The number of nitrogens with one attached hydrogen (secondary N) is 2. The zero-order chi connectivity index (χ0) is 16.7. The molecular weight excluding hydrogens is 310 g/mol. The lowest BCUT2D eigenvalue weighted by atomic mass is 10.1. The molecule has 1 saturated heterocycles. The highest BCUT2D eigenvalue weighted by Crippen LogP contribution is 2.11. The Morgan fingerprint density at radius 1 is 1.22 bits per heavy atom. The summed E-state index contributed by atoms with van der Waals surface area (Å²) in [5.74, 6) is 0.558. The average molecular weight is 335 g/mol. The number of rotatable bonds is 6. The molecule has 0 unspecified atom stereocenters. The van der Waals surface area contributed by atoms with Crippen molar-refractivity contribution in [2.75, 3.05) is 37.0 Å². The van der Waals surface area contributed by atoms with E-state index in [1.807, 2.05) is 31.2 Å². The largest absolute Gasteiger partial charge is 0.353 e. The van der Waals surface area contributed by atoms with Gasteiger partial charge in [-0.1, -0.05) is 12.1 Å². The maximum atomic E-state index is 11.9. The van der Waals surface area contributed by atoms with E-state index < -0.39 is 0 Å². The first-order valence-corrected chi connectivity index (χ1v) is 9.10. The Bertz CT molecular complexity index is 542. The van der Waals surface area contributed by atoms with Crippen molar-refractivity contribution < 1.29 is 9.59 Å². The van der Waals surface area contributed by atoms with Crippen molar-refractivity contribution in [1.29, 1.82) is 0 Å². The third-order valence-electron chi connectivity index (χ3n) is 3.85. The summed E-state index contributed by atoms with van der Waals surface area (Å²) >= 11 is 1.35. The maximum Gasteiger partial charge on any atom is 0.234 e. The lowest BCUT2D eigenvalue weighted by molar-refractivity contribution is -0.119. The molecule has 1 aliphatic rings. The Hall–Kier alpha value is -1.53. The first kappa shape index (κ1) is 17.8. The molecular formula is C17H25N3O2S. The van der Waals surface area contributed by atoms with Crippen LogP contribution in [0.2, 0.25) is 0 Å². The van der Waals surface area contributed by atoms with E-state index in [9.17, 15) is 9.59 Å². The Balaban J connectivity index is 1.62. The molecule has 2 rings (SSSR count). The van der Waals surface area contributed by atoms with E-state index in [0.717, 1.165) is 37.2 Å². The molecule has 0 aliphatic carbocycles. The number of thioether (sulfide) groups is 1. The van der Waals surface area contributed by atoms with E-state index in [-0.39, 0.29) is 23.6 Å². The molecule has 0 saturated carbocycles. The number of piperidine rings is 1. The molecule has 0 spiro atoms. The van der Waals surface area contributed by atoms with Gasteiger partial charge in [-0.05, 0) is 57.6 Å². The van der Waals surface area contributed by atoms with Crippen molar-refractivity contribution >= 4 is 29.3 Å². The number of likely N-dealkylation sites (tertiary alicyclic amines) is 1. The van der Waals surface area contributed by atoms with Gasteiger partial charge in [0, 0.05) is 11.7 Å². The third-order valence-corrected chi connectivity index (χ3v) is 4.78. The Morgan fingerprint density at radius 3 is 2.61 bits per heavy atom. The standard InChI is InChI=1S/C17H25N3O2S/c1-13-4-3-5-15(10-13)19-17(22)12-23-11-16(21)18-14-6-8-20(2)9-7-14/h3-5,10,14H,6-9,11-12H2,1-2H3,(H,18,21)(H,19,22). The summed E-state index contributed by atoms with van der Waals surface area (Å²) in [4.78, 5) is 26.0. The smallest absolute Gasteiger partial charge is 0.234 e. The van der Waals surface area contributed by atoms with E-state index in [2.05, 4.69) is 22.6 Å². The molecule has 1 aromatic rings. The Kier molecular flexibility index (Phi) is 6.92. The van der Waals surface area contributed by atoms with Crippen LogP contribution in [0.4, 0.5) is 5.69 Å². The fraction of sp³-hybridized carbons (Fsp3) is 0.529. The predicted molar refractivity (Wildman–Crippen MR) is 95.8 cm³/mol. The van der Waals surface area contributed by atoms with Crippen molar-refractivity contribution in [1.82, 2.24) is 10.2 Å². The molecule has 0 aromatic heterocycles. The van der Waals surface area contributed by atoms with E-state index in [1.165, 1.54) is 11.8 Å². The number of anilines is 1. The number of nitrogens with zero attached hydrogens (tertiary/aromatic N) is 1. The van der Waals surface area contributed by atoms with Gasteiger partial charge < -0.3 is 15.5 Å². The fourth-order valence-electron chi connectivity index (χ4n) is 2.58. The van der Waals surface area contributed by atoms with E-state index in [1.54, 1.807) is 0 Å². The van der Waals surface area contributed by atoms with Crippen LogP contribution in [-0.4, -0.2) is 54.4 Å². The number of carbonyl (C=O) groups excluding carboxylic acids is 2. The number of hydrogen-bond donors (Lipinski definition) is 2. The lowest BCUT2D eigenvalue weighted by Crippen LogP contribution is -2.44. The number of aryl methyl sites for hydroxylation is 1. The summed E-state index contributed by atoms with van der Waals surface area (Å²) < 4.78 is 0. The zero-order valence-corrected chi connectivity index (χ0v) is 14.6. The van der Waals surface area contributed by atoms with Crippen LogP contribution in [0, 0.1) is 6.92 Å². The predicted octanol–water partition coefficient (Wildman–Crippen LogP) is 1.88. The summed E-state index contributed by atoms with van der Waals surface area (Å²) in [6.45, 7) is 4.03. The quantitative estimate of drug-likeness (QED) is 0.833. The monoisotopic (exact) mass is 335 g/mol. The minimum Gasteiger partial charge on any atom is -0.353 e. The SMILES string of the molecule is Cc1cccc(NC(=O)CSCC(=O)NC2CCN(C)CC2)c1. The molecule has 0 bridgehead atoms. The maximum absolute atomic E-state index is 11.9. The first-order chi connectivity index (χ1) is 11.0. The van der Waals surface area contributed by atoms with Gasteiger partial charge in [0.15, 0.2) is 0 Å². The zero-order valence-electron chi connectivity index (χ0n) is 13.8. The van der Waals surface area contributed by atoms with E-state index in [0.29, 0.717) is 5.75 Å². The normalized spacial score (nSPS) is 16.1. The van der Waals surface area contributed by atoms with Gasteiger partial charge in [0.25, 0.3) is 0 Å². The minimum atomic E-state index is -0.0762. The number of hydrogen-bond acceptors (Lipinski definition) is 4. The molecule has 2 N–H and O–H groups in total. The van der Waals surface area contributed by atoms with Gasteiger partial charge in [0.1, 0.15) is 0 Å². The Labute approximate surface area is 142 Å². The van der Waals surface area contributed by atoms with Crippen LogP contribution in [-0.2, 0) is 9.59 Å². The van der Waals surface area contributed by atoms with Crippen LogP contribution in [0.5, 0.6) is 0 Å². The number of benzene rings is 1. The van der Waals surface area contributed by atoms with E-state index in [4.69, 9.17) is 0 Å². The van der Waals surface area contributed by atoms with Crippen molar-refractivity contribution in [3.05, 3.63) is 29.8 Å². The van der Waals surface area contributed by atoms with Crippen molar-refractivity contribution in [2.45, 2.75) is 25.8 Å². The van der Waals surface area contributed by atoms with Gasteiger partial charge in [-0.25, -0.2) is 0 Å². The second-order valence-corrected chi connectivity index (χ2v) is 7.04. The average Bonchev–Trinajstić information content (AvgIpc) is 2.49. The van der Waals surface area contributed by atoms with E-state index >= 15 is 0 Å². The summed E-state index contributed by atoms with van der Waals surface area (Å²) in [6, 6.07) is 7.96. The van der Waals surface area contributed by atoms with Crippen LogP contribution >= 0.6 is 11.8 Å². The first-order valence-electron chi connectivity index (χ1n) is 7.95. The van der Waals surface area contributed by atoms with Crippen LogP contribution in [0.25, 0.3) is 0 Å². The highest BCUT2D eigenvalue weighted by molar-refractivity contribution is 8.00. The molecule has 1 aliphatic heterocycles. The second-order valence-electron chi connectivity index (χ2n) is 6.06. The molecule has 6 heteroatoms. The van der Waals surface area contributed by atoms with Crippen LogP contribution in [0.1, 0.15) is 18.4 Å². The highest BCUT2D eigenvalue weighted by Gasteiger charge is 2.18. The fourth-order valence-corrected chi connectivity index (χ4v) is 3.21. The van der Waals surface area contributed by atoms with Crippen LogP contribution in [0.15, 0.2) is 24.3 Å². The molecule has 0 atom stereocenters. The van der Waals surface area contributed by atoms with Crippen LogP contribution in [0.3, 0.4) is 0 Å². The van der Waals surface area contributed by atoms with Gasteiger partial charge >= 0.3 is 0 Å². The summed E-state index contributed by atoms with van der Waals surface area (Å²) in [5, 5.41) is 5.90. The molecule has 126 valence electrons. The van der Waals surface area contributed by atoms with Gasteiger partial charge in [-0.15, -0.1) is 11.8 Å². The minimum absolute atomic E-state index is 0.0212.